The van der Waals surface area contributed by atoms with E-state index in [0.717, 1.165) is 32.1 Å². The van der Waals surface area contributed by atoms with Crippen LogP contribution in [0.2, 0.25) is 0 Å². The second kappa shape index (κ2) is 32.7. The highest BCUT2D eigenvalue weighted by atomic mass is 31.2. The largest absolute Gasteiger partial charge is 0.480 e. The summed E-state index contributed by atoms with van der Waals surface area (Å²) in [5.74, 6) is -0.554. The van der Waals surface area contributed by atoms with Crippen molar-refractivity contribution in [1.29, 1.82) is 0 Å². The quantitative estimate of drug-likeness (QED) is 0.0381. The molecule has 0 fully saturated rings. The highest BCUT2D eigenvalue weighted by Gasteiger charge is 2.30. The van der Waals surface area contributed by atoms with Gasteiger partial charge >= 0.3 is 5.97 Å². The number of ether oxygens (including phenoxy) is 2. The van der Waals surface area contributed by atoms with Gasteiger partial charge in [0, 0.05) is 31.0 Å². The first-order chi connectivity index (χ1) is 22.7. The van der Waals surface area contributed by atoms with Crippen LogP contribution in [0, 0.1) is 11.3 Å². The van der Waals surface area contributed by atoms with Gasteiger partial charge in [-0.15, -0.1) is 0 Å². The molecule has 0 aromatic heterocycles. The summed E-state index contributed by atoms with van der Waals surface area (Å²) < 4.78 is 10.8. The van der Waals surface area contributed by atoms with E-state index in [1.807, 2.05) is 41.5 Å². The van der Waals surface area contributed by atoms with Gasteiger partial charge in [0.05, 0.1) is 25.9 Å². The Labute approximate surface area is 293 Å². The molecular weight excluding hydrogens is 635 g/mol. The van der Waals surface area contributed by atoms with Crippen molar-refractivity contribution in [2.75, 3.05) is 45.7 Å². The van der Waals surface area contributed by atoms with Gasteiger partial charge in [0.25, 0.3) is 0 Å². The van der Waals surface area contributed by atoms with Crippen molar-refractivity contribution in [2.45, 2.75) is 150 Å². The number of hydrogen-bond donors (Lipinski definition) is 5. The SMILES string of the molecule is CCC(=O)C(C)NCCOCCOCC(=O)C(C)(C)C(C)C.O=C(O)CNC(=O)CCCCCCCCCCCCCCCCP(O)O. The molecule has 0 aliphatic heterocycles. The fourth-order valence-electron chi connectivity index (χ4n) is 4.58. The summed E-state index contributed by atoms with van der Waals surface area (Å²) in [4.78, 5) is 62.6. The number of amides is 1. The molecular formula is C36H71N2O9P. The van der Waals surface area contributed by atoms with Crippen LogP contribution in [0.4, 0.5) is 0 Å². The molecule has 0 aliphatic rings. The maximum atomic E-state index is 12.0. The van der Waals surface area contributed by atoms with E-state index in [2.05, 4.69) is 10.6 Å². The van der Waals surface area contributed by atoms with Crippen molar-refractivity contribution in [3.05, 3.63) is 0 Å². The Bertz CT molecular complexity index is 825. The number of rotatable bonds is 32. The summed E-state index contributed by atoms with van der Waals surface area (Å²) in [5.41, 5.74) is -0.354. The Hall–Kier alpha value is -1.49. The highest BCUT2D eigenvalue weighted by Crippen LogP contribution is 2.27. The Balaban J connectivity index is 0. The lowest BCUT2D eigenvalue weighted by Gasteiger charge is -2.27. The smallest absolute Gasteiger partial charge is 0.322 e. The lowest BCUT2D eigenvalue weighted by atomic mass is 9.78. The molecule has 1 amide bonds. The van der Waals surface area contributed by atoms with E-state index in [9.17, 15) is 19.2 Å². The van der Waals surface area contributed by atoms with Crippen molar-refractivity contribution in [1.82, 2.24) is 10.6 Å². The van der Waals surface area contributed by atoms with Crippen LogP contribution in [0.25, 0.3) is 0 Å². The van der Waals surface area contributed by atoms with Crippen molar-refractivity contribution in [3.8, 4) is 0 Å². The van der Waals surface area contributed by atoms with Gasteiger partial charge in [0.15, 0.2) is 14.2 Å². The fraction of sp³-hybridized carbons (Fsp3) is 0.889. The number of ketones is 2. The predicted molar refractivity (Wildman–Crippen MR) is 194 cm³/mol. The van der Waals surface area contributed by atoms with Gasteiger partial charge in [-0.25, -0.2) is 0 Å². The first kappa shape index (κ1) is 48.6. The van der Waals surface area contributed by atoms with Crippen molar-refractivity contribution in [3.63, 3.8) is 0 Å². The summed E-state index contributed by atoms with van der Waals surface area (Å²) >= 11 is 0. The molecule has 5 N–H and O–H groups in total. The molecule has 1 unspecified atom stereocenters. The normalized spacial score (nSPS) is 12.1. The van der Waals surface area contributed by atoms with Crippen LogP contribution in [0.5, 0.6) is 0 Å². The van der Waals surface area contributed by atoms with Crippen LogP contribution in [0.3, 0.4) is 0 Å². The van der Waals surface area contributed by atoms with Gasteiger partial charge in [0.1, 0.15) is 18.9 Å². The summed E-state index contributed by atoms with van der Waals surface area (Å²) in [6.07, 6.45) is 18.0. The minimum absolute atomic E-state index is 0.121. The number of carbonyl (C=O) groups excluding carboxylic acids is 3. The summed E-state index contributed by atoms with van der Waals surface area (Å²) in [5, 5.41) is 13.9. The van der Waals surface area contributed by atoms with Gasteiger partial charge in [0.2, 0.25) is 5.91 Å². The molecule has 0 radical (unpaired) electrons. The average molecular weight is 707 g/mol. The minimum atomic E-state index is -1.69. The van der Waals surface area contributed by atoms with Gasteiger partial charge in [-0.2, -0.15) is 0 Å². The third-order valence-corrected chi connectivity index (χ3v) is 9.46. The molecule has 1 atom stereocenters. The number of Topliss-reactive ketones (excluding diaryl/α,β-unsaturated/α-hetero) is 2. The number of hydrogen-bond acceptors (Lipinski definition) is 9. The molecule has 0 heterocycles. The Morgan fingerprint density at radius 2 is 1.21 bits per heavy atom. The zero-order chi connectivity index (χ0) is 36.6. The van der Waals surface area contributed by atoms with Gasteiger partial charge < -0.3 is 35.0 Å². The third-order valence-electron chi connectivity index (χ3n) is 8.74. The number of carbonyl (C=O) groups is 4. The molecule has 11 nitrogen and oxygen atoms in total. The number of nitrogens with one attached hydrogen (secondary N) is 2. The molecule has 0 aliphatic carbocycles. The van der Waals surface area contributed by atoms with Crippen molar-refractivity contribution in [2.24, 2.45) is 11.3 Å². The number of carboxylic acids is 1. The van der Waals surface area contributed by atoms with Crippen LogP contribution in [0.1, 0.15) is 144 Å². The van der Waals surface area contributed by atoms with Crippen LogP contribution in [-0.2, 0) is 28.7 Å². The van der Waals surface area contributed by atoms with E-state index in [0.29, 0.717) is 51.3 Å². The summed E-state index contributed by atoms with van der Waals surface area (Å²) in [6, 6.07) is -0.124. The van der Waals surface area contributed by atoms with Crippen molar-refractivity contribution >= 4 is 31.8 Å². The second-order valence-corrected chi connectivity index (χ2v) is 14.6. The molecule has 48 heavy (non-hydrogen) atoms. The molecule has 0 saturated heterocycles. The molecule has 0 saturated carbocycles. The first-order valence-electron chi connectivity index (χ1n) is 18.3. The molecule has 0 spiro atoms. The van der Waals surface area contributed by atoms with E-state index in [4.69, 9.17) is 24.4 Å². The number of aliphatic carboxylic acids is 1. The van der Waals surface area contributed by atoms with E-state index in [-0.39, 0.29) is 42.1 Å². The van der Waals surface area contributed by atoms with E-state index < -0.39 is 14.3 Å². The van der Waals surface area contributed by atoms with E-state index >= 15 is 0 Å². The lowest BCUT2D eigenvalue weighted by Crippen LogP contribution is -2.36. The Kier molecular flexibility index (Phi) is 33.1. The molecule has 0 bridgehead atoms. The van der Waals surface area contributed by atoms with Gasteiger partial charge in [-0.05, 0) is 25.7 Å². The fourth-order valence-corrected chi connectivity index (χ4v) is 5.09. The van der Waals surface area contributed by atoms with E-state index in [1.165, 1.54) is 57.8 Å². The zero-order valence-corrected chi connectivity index (χ0v) is 32.1. The average Bonchev–Trinajstić information content (AvgIpc) is 3.04. The zero-order valence-electron chi connectivity index (χ0n) is 31.2. The predicted octanol–water partition coefficient (Wildman–Crippen LogP) is 6.56. The maximum Gasteiger partial charge on any atom is 0.322 e. The first-order valence-corrected chi connectivity index (χ1v) is 19.8. The standard InChI is InChI=1S/C19H38NO5P.C17H33NO4/c21-18(20-17-19(22)23)15-13-11-9-7-5-3-1-2-4-6-8-10-12-14-16-26(24)25;1-7-15(19)14(4)18-8-9-21-10-11-22-12-16(20)17(5,6)13(2)3/h24-25H,1-17H2,(H,20,21)(H,22,23);13-14,18H,7-12H2,1-6H3. The highest BCUT2D eigenvalue weighted by molar-refractivity contribution is 7.45. The number of unbranched alkanes of at least 4 members (excludes halogenated alkanes) is 13. The topological polar surface area (TPSA) is 171 Å². The molecule has 0 aromatic rings. The summed E-state index contributed by atoms with van der Waals surface area (Å²) in [7, 11) is -1.69. The van der Waals surface area contributed by atoms with Crippen molar-refractivity contribution < 1.29 is 43.5 Å². The maximum absolute atomic E-state index is 12.0. The van der Waals surface area contributed by atoms with Crippen LogP contribution < -0.4 is 10.6 Å². The molecule has 12 heteroatoms. The third kappa shape index (κ3) is 31.8. The van der Waals surface area contributed by atoms with Gasteiger partial charge in [-0.1, -0.05) is 112 Å². The van der Waals surface area contributed by atoms with Crippen LogP contribution >= 0.6 is 8.38 Å². The minimum Gasteiger partial charge on any atom is -0.480 e. The lowest BCUT2D eigenvalue weighted by molar-refractivity contribution is -0.138. The molecule has 284 valence electrons. The van der Waals surface area contributed by atoms with Gasteiger partial charge in [-0.3, -0.25) is 19.2 Å². The second-order valence-electron chi connectivity index (χ2n) is 13.4. The molecule has 0 aromatic carbocycles. The van der Waals surface area contributed by atoms with Crippen LogP contribution in [0.15, 0.2) is 0 Å². The molecule has 0 rings (SSSR count). The Morgan fingerprint density at radius 3 is 1.67 bits per heavy atom. The summed E-state index contributed by atoms with van der Waals surface area (Å²) in [6.45, 7) is 13.6. The van der Waals surface area contributed by atoms with E-state index in [1.54, 1.807) is 0 Å². The number of carboxylic acid groups (broad SMARTS) is 1. The van der Waals surface area contributed by atoms with Crippen LogP contribution in [-0.4, -0.2) is 90.1 Å². The Morgan fingerprint density at radius 1 is 0.729 bits per heavy atom. The monoisotopic (exact) mass is 706 g/mol.